The Balaban J connectivity index is 1.95. The molecule has 0 saturated carbocycles. The van der Waals surface area contributed by atoms with Crippen molar-refractivity contribution >= 4 is 28.6 Å². The van der Waals surface area contributed by atoms with Gasteiger partial charge in [-0.25, -0.2) is 15.0 Å². The van der Waals surface area contributed by atoms with Gasteiger partial charge in [-0.1, -0.05) is 23.7 Å². The lowest BCUT2D eigenvalue weighted by Gasteiger charge is -2.05. The first-order valence-corrected chi connectivity index (χ1v) is 7.76. The summed E-state index contributed by atoms with van der Waals surface area (Å²) in [7, 11) is 0. The third kappa shape index (κ3) is 2.21. The largest absolute Gasteiger partial charge is 0.382 e. The van der Waals surface area contributed by atoms with Crippen LogP contribution in [-0.2, 0) is 6.54 Å². The number of halogens is 1. The average molecular weight is 339 g/mol. The second-order valence-corrected chi connectivity index (χ2v) is 5.65. The number of aryl methyl sites for hydroxylation is 1. The van der Waals surface area contributed by atoms with Crippen molar-refractivity contribution < 1.29 is 0 Å². The van der Waals surface area contributed by atoms with Gasteiger partial charge in [-0.2, -0.15) is 5.10 Å². The predicted molar refractivity (Wildman–Crippen MR) is 92.3 cm³/mol. The molecular weight excluding hydrogens is 326 g/mol. The maximum atomic E-state index is 5.98. The van der Waals surface area contributed by atoms with Gasteiger partial charge in [-0.3, -0.25) is 5.10 Å². The standard InChI is InChI=1S/C16H13ClN7/c1-2-24-15-13(14(18)19-8-20-15)22-16(24)12-11(7-21-23-12)9-3-5-10(17)6-4-9/h3-7H,2H2,1H3,(H,21,23)(H2,18,19,20). The highest BCUT2D eigenvalue weighted by Crippen LogP contribution is 2.32. The maximum absolute atomic E-state index is 5.98. The maximum Gasteiger partial charge on any atom is 0.201 e. The topological polar surface area (TPSA) is 98.3 Å². The van der Waals surface area contributed by atoms with Gasteiger partial charge in [0.2, 0.25) is 6.33 Å². The van der Waals surface area contributed by atoms with Crippen molar-refractivity contribution in [3.63, 3.8) is 0 Å². The fourth-order valence-electron chi connectivity index (χ4n) is 2.70. The van der Waals surface area contributed by atoms with Crippen molar-refractivity contribution in [1.29, 1.82) is 0 Å². The molecule has 4 rings (SSSR count). The molecule has 8 heteroatoms. The van der Waals surface area contributed by atoms with Gasteiger partial charge in [0.05, 0.1) is 0 Å². The molecule has 0 aliphatic heterocycles. The molecule has 0 bridgehead atoms. The van der Waals surface area contributed by atoms with Crippen LogP contribution in [0.1, 0.15) is 6.92 Å². The highest BCUT2D eigenvalue weighted by atomic mass is 35.5. The number of nitrogens with one attached hydrogen (secondary N) is 1. The summed E-state index contributed by atoms with van der Waals surface area (Å²) in [4.78, 5) is 12.7. The molecule has 1 aromatic carbocycles. The summed E-state index contributed by atoms with van der Waals surface area (Å²) in [6.45, 7) is 2.68. The summed E-state index contributed by atoms with van der Waals surface area (Å²) in [6.07, 6.45) is 4.39. The normalized spacial score (nSPS) is 11.2. The second kappa shape index (κ2) is 5.61. The number of fused-ring (bicyclic) bond motifs is 1. The Morgan fingerprint density at radius 3 is 2.79 bits per heavy atom. The number of aromatic nitrogens is 6. The van der Waals surface area contributed by atoms with Crippen molar-refractivity contribution in [2.75, 3.05) is 5.73 Å². The molecular formula is C16H13ClN7. The Hall–Kier alpha value is -2.93. The van der Waals surface area contributed by atoms with E-state index in [1.807, 2.05) is 42.0 Å². The van der Waals surface area contributed by atoms with E-state index < -0.39 is 0 Å². The molecule has 0 aliphatic carbocycles. The van der Waals surface area contributed by atoms with Crippen molar-refractivity contribution in [1.82, 2.24) is 29.7 Å². The molecule has 0 fully saturated rings. The zero-order valence-corrected chi connectivity index (χ0v) is 13.5. The molecule has 3 aromatic heterocycles. The molecule has 119 valence electrons. The highest BCUT2D eigenvalue weighted by molar-refractivity contribution is 6.30. The van der Waals surface area contributed by atoms with Crippen molar-refractivity contribution in [3.8, 4) is 22.6 Å². The summed E-state index contributed by atoms with van der Waals surface area (Å²) in [5.74, 6) is 0.983. The number of nitrogens with two attached hydrogens (primary N) is 1. The zero-order chi connectivity index (χ0) is 16.7. The van der Waals surface area contributed by atoms with Crippen molar-refractivity contribution in [2.45, 2.75) is 13.5 Å². The number of rotatable bonds is 3. The van der Waals surface area contributed by atoms with E-state index in [-0.39, 0.29) is 0 Å². The van der Waals surface area contributed by atoms with Gasteiger partial charge >= 0.3 is 0 Å². The third-order valence-corrected chi connectivity index (χ3v) is 4.09. The van der Waals surface area contributed by atoms with Crippen LogP contribution >= 0.6 is 11.6 Å². The number of benzene rings is 1. The van der Waals surface area contributed by atoms with E-state index >= 15 is 0 Å². The fraction of sp³-hybridized carbons (Fsp3) is 0.125. The number of imidazole rings is 1. The molecule has 3 N–H and O–H groups in total. The average Bonchev–Trinajstić information content (AvgIpc) is 3.20. The Morgan fingerprint density at radius 2 is 2.04 bits per heavy atom. The first-order valence-electron chi connectivity index (χ1n) is 7.39. The number of H-pyrrole nitrogens is 1. The van der Waals surface area contributed by atoms with Crippen molar-refractivity contribution in [2.24, 2.45) is 0 Å². The molecule has 3 heterocycles. The molecule has 0 atom stereocenters. The fourth-order valence-corrected chi connectivity index (χ4v) is 2.82. The van der Waals surface area contributed by atoms with Crippen LogP contribution in [0.3, 0.4) is 0 Å². The van der Waals surface area contributed by atoms with E-state index in [0.717, 1.165) is 16.8 Å². The van der Waals surface area contributed by atoms with Gasteiger partial charge in [0.1, 0.15) is 5.69 Å². The van der Waals surface area contributed by atoms with E-state index in [1.54, 1.807) is 0 Å². The molecule has 4 aromatic rings. The van der Waals surface area contributed by atoms with Crippen LogP contribution in [0.4, 0.5) is 5.82 Å². The van der Waals surface area contributed by atoms with Gasteiger partial charge in [0.15, 0.2) is 22.8 Å². The Morgan fingerprint density at radius 1 is 1.25 bits per heavy atom. The van der Waals surface area contributed by atoms with E-state index in [9.17, 15) is 0 Å². The number of nitrogen functional groups attached to an aromatic ring is 1. The van der Waals surface area contributed by atoms with Crippen molar-refractivity contribution in [3.05, 3.63) is 41.8 Å². The number of anilines is 1. The molecule has 0 spiro atoms. The lowest BCUT2D eigenvalue weighted by molar-refractivity contribution is 0.782. The highest BCUT2D eigenvalue weighted by Gasteiger charge is 2.20. The summed E-state index contributed by atoms with van der Waals surface area (Å²) in [5, 5.41) is 7.97. The lowest BCUT2D eigenvalue weighted by Crippen LogP contribution is -2.00. The minimum absolute atomic E-state index is 0.303. The first kappa shape index (κ1) is 14.6. The van der Waals surface area contributed by atoms with Crippen LogP contribution < -0.4 is 5.73 Å². The molecule has 0 amide bonds. The summed E-state index contributed by atoms with van der Waals surface area (Å²) < 4.78 is 1.94. The smallest absolute Gasteiger partial charge is 0.201 e. The van der Waals surface area contributed by atoms with E-state index in [1.165, 1.54) is 0 Å². The van der Waals surface area contributed by atoms with Crippen LogP contribution in [0, 0.1) is 6.33 Å². The number of hydrogen-bond donors (Lipinski definition) is 2. The second-order valence-electron chi connectivity index (χ2n) is 5.22. The molecule has 0 saturated heterocycles. The number of aromatic amines is 1. The third-order valence-electron chi connectivity index (χ3n) is 3.83. The quantitative estimate of drug-likeness (QED) is 0.598. The monoisotopic (exact) mass is 338 g/mol. The van der Waals surface area contributed by atoms with E-state index in [2.05, 4.69) is 31.5 Å². The van der Waals surface area contributed by atoms with Gasteiger partial charge < -0.3 is 10.3 Å². The van der Waals surface area contributed by atoms with Gasteiger partial charge in [-0.05, 0) is 24.6 Å². The minimum Gasteiger partial charge on any atom is -0.382 e. The Bertz CT molecular complexity index is 1020. The minimum atomic E-state index is 0.303. The van der Waals surface area contributed by atoms with Crippen LogP contribution in [0.25, 0.3) is 33.8 Å². The predicted octanol–water partition coefficient (Wildman–Crippen LogP) is 2.94. The van der Waals surface area contributed by atoms with Crippen LogP contribution in [0.5, 0.6) is 0 Å². The van der Waals surface area contributed by atoms with Gasteiger partial charge in [0.25, 0.3) is 0 Å². The SMILES string of the molecule is CCn1c(-c2n[nH]cc2-c2ccc(Cl)cc2)nc2c(N)n[c]nc21. The van der Waals surface area contributed by atoms with Gasteiger partial charge in [0, 0.05) is 23.3 Å². The molecule has 24 heavy (non-hydrogen) atoms. The number of nitrogens with zero attached hydrogens (tertiary/aromatic N) is 5. The van der Waals surface area contributed by atoms with E-state index in [0.29, 0.717) is 34.4 Å². The summed E-state index contributed by atoms with van der Waals surface area (Å²) >= 11 is 5.98. The van der Waals surface area contributed by atoms with Crippen LogP contribution in [-0.4, -0.2) is 29.7 Å². The lowest BCUT2D eigenvalue weighted by atomic mass is 10.1. The van der Waals surface area contributed by atoms with Crippen LogP contribution in [0.2, 0.25) is 5.02 Å². The Kier molecular flexibility index (Phi) is 3.42. The Labute approximate surface area is 142 Å². The number of hydrogen-bond acceptors (Lipinski definition) is 5. The van der Waals surface area contributed by atoms with Gasteiger partial charge in [-0.15, -0.1) is 0 Å². The summed E-state index contributed by atoms with van der Waals surface area (Å²) in [6, 6.07) is 7.57. The summed E-state index contributed by atoms with van der Waals surface area (Å²) in [5.41, 5.74) is 9.74. The first-order chi connectivity index (χ1) is 11.7. The zero-order valence-electron chi connectivity index (χ0n) is 12.8. The van der Waals surface area contributed by atoms with E-state index in [4.69, 9.17) is 17.3 Å². The molecule has 7 nitrogen and oxygen atoms in total. The molecule has 1 radical (unpaired) electrons. The van der Waals surface area contributed by atoms with Crippen LogP contribution in [0.15, 0.2) is 30.5 Å². The molecule has 0 aliphatic rings. The molecule has 0 unspecified atom stereocenters.